The first-order valence-corrected chi connectivity index (χ1v) is 7.80. The zero-order valence-electron chi connectivity index (χ0n) is 13.6. The fraction of sp³-hybridized carbons (Fsp3) is 0.529. The van der Waals surface area contributed by atoms with E-state index in [4.69, 9.17) is 5.73 Å². The second-order valence-corrected chi connectivity index (χ2v) is 6.14. The quantitative estimate of drug-likeness (QED) is 0.891. The molecule has 1 aliphatic rings. The molecule has 1 aromatic rings. The third-order valence-electron chi connectivity index (χ3n) is 4.59. The second-order valence-electron chi connectivity index (χ2n) is 6.14. The number of piperidine rings is 1. The van der Waals surface area contributed by atoms with Gasteiger partial charge < -0.3 is 11.1 Å². The lowest BCUT2D eigenvalue weighted by atomic mass is 9.95. The standard InChI is InChI=1S/C17H25N3O2/c1-11-5-4-6-12(2)15(11)19-17(22)13(3)20-9-7-14(8-10-20)16(18)21/h4-6,13-14H,7-10H2,1-3H3,(H2,18,21)(H,19,22)/t13-/m0/s1. The van der Waals surface area contributed by atoms with Crippen molar-refractivity contribution in [1.82, 2.24) is 4.90 Å². The number of carbonyl (C=O) groups excluding carboxylic acids is 2. The molecule has 3 N–H and O–H groups in total. The summed E-state index contributed by atoms with van der Waals surface area (Å²) in [5, 5.41) is 3.04. The van der Waals surface area contributed by atoms with Crippen LogP contribution in [0.4, 0.5) is 5.69 Å². The molecule has 120 valence electrons. The van der Waals surface area contributed by atoms with Gasteiger partial charge in [0, 0.05) is 11.6 Å². The molecule has 22 heavy (non-hydrogen) atoms. The van der Waals surface area contributed by atoms with Crippen molar-refractivity contribution in [3.8, 4) is 0 Å². The molecule has 1 atom stereocenters. The number of amides is 2. The maximum atomic E-state index is 12.5. The summed E-state index contributed by atoms with van der Waals surface area (Å²) < 4.78 is 0. The first kappa shape index (κ1) is 16.5. The molecule has 5 heteroatoms. The minimum Gasteiger partial charge on any atom is -0.369 e. The van der Waals surface area contributed by atoms with Gasteiger partial charge in [0.2, 0.25) is 11.8 Å². The predicted octanol–water partition coefficient (Wildman–Crippen LogP) is 1.83. The Hall–Kier alpha value is -1.88. The van der Waals surface area contributed by atoms with Crippen molar-refractivity contribution in [2.75, 3.05) is 18.4 Å². The first-order chi connectivity index (χ1) is 10.4. The third kappa shape index (κ3) is 3.65. The van der Waals surface area contributed by atoms with Crippen LogP contribution < -0.4 is 11.1 Å². The van der Waals surface area contributed by atoms with Gasteiger partial charge >= 0.3 is 0 Å². The van der Waals surface area contributed by atoms with Crippen LogP contribution >= 0.6 is 0 Å². The summed E-state index contributed by atoms with van der Waals surface area (Å²) in [5.41, 5.74) is 8.37. The van der Waals surface area contributed by atoms with Crippen LogP contribution in [0.1, 0.15) is 30.9 Å². The monoisotopic (exact) mass is 303 g/mol. The summed E-state index contributed by atoms with van der Waals surface area (Å²) in [5.74, 6) is -0.285. The van der Waals surface area contributed by atoms with Gasteiger partial charge in [-0.05, 0) is 57.8 Å². The van der Waals surface area contributed by atoms with Gasteiger partial charge in [-0.1, -0.05) is 18.2 Å². The summed E-state index contributed by atoms with van der Waals surface area (Å²) in [6.45, 7) is 7.36. The molecule has 1 aromatic carbocycles. The van der Waals surface area contributed by atoms with Gasteiger partial charge in [0.1, 0.15) is 0 Å². The largest absolute Gasteiger partial charge is 0.369 e. The number of primary amides is 1. The van der Waals surface area contributed by atoms with Gasteiger partial charge in [-0.25, -0.2) is 0 Å². The van der Waals surface area contributed by atoms with E-state index in [1.54, 1.807) is 0 Å². The molecule has 0 spiro atoms. The Morgan fingerprint density at radius 2 is 1.77 bits per heavy atom. The van der Waals surface area contributed by atoms with Crippen molar-refractivity contribution in [3.63, 3.8) is 0 Å². The van der Waals surface area contributed by atoms with E-state index in [9.17, 15) is 9.59 Å². The maximum Gasteiger partial charge on any atom is 0.241 e. The average Bonchev–Trinajstić information content (AvgIpc) is 2.50. The Kier molecular flexibility index (Phi) is 5.19. The SMILES string of the molecule is Cc1cccc(C)c1NC(=O)[C@H](C)N1CCC(C(N)=O)CC1. The van der Waals surface area contributed by atoms with Crippen LogP contribution in [0.5, 0.6) is 0 Å². The molecule has 2 amide bonds. The first-order valence-electron chi connectivity index (χ1n) is 7.80. The smallest absolute Gasteiger partial charge is 0.241 e. The number of hydrogen-bond acceptors (Lipinski definition) is 3. The van der Waals surface area contributed by atoms with Crippen LogP contribution in [0.15, 0.2) is 18.2 Å². The number of nitrogens with zero attached hydrogens (tertiary/aromatic N) is 1. The third-order valence-corrected chi connectivity index (χ3v) is 4.59. The molecule has 1 heterocycles. The van der Waals surface area contributed by atoms with Crippen LogP contribution in [0, 0.1) is 19.8 Å². The topological polar surface area (TPSA) is 75.4 Å². The zero-order valence-corrected chi connectivity index (χ0v) is 13.6. The number of carbonyl (C=O) groups is 2. The molecule has 5 nitrogen and oxygen atoms in total. The summed E-state index contributed by atoms with van der Waals surface area (Å²) in [6.07, 6.45) is 1.46. The van der Waals surface area contributed by atoms with E-state index in [2.05, 4.69) is 10.2 Å². The normalized spacial score (nSPS) is 18.0. The van der Waals surface area contributed by atoms with Crippen molar-refractivity contribution < 1.29 is 9.59 Å². The van der Waals surface area contributed by atoms with Crippen molar-refractivity contribution in [3.05, 3.63) is 29.3 Å². The minimum absolute atomic E-state index is 0.00470. The molecule has 0 aromatic heterocycles. The van der Waals surface area contributed by atoms with Gasteiger partial charge in [0.25, 0.3) is 0 Å². The van der Waals surface area contributed by atoms with E-state index >= 15 is 0 Å². The highest BCUT2D eigenvalue weighted by Crippen LogP contribution is 2.22. The van der Waals surface area contributed by atoms with Crippen molar-refractivity contribution >= 4 is 17.5 Å². The van der Waals surface area contributed by atoms with Crippen LogP contribution in [-0.2, 0) is 9.59 Å². The van der Waals surface area contributed by atoms with E-state index in [0.717, 1.165) is 42.7 Å². The van der Waals surface area contributed by atoms with E-state index in [1.165, 1.54) is 0 Å². The molecular formula is C17H25N3O2. The maximum absolute atomic E-state index is 12.5. The molecule has 0 unspecified atom stereocenters. The Bertz CT molecular complexity index is 543. The number of benzene rings is 1. The molecular weight excluding hydrogens is 278 g/mol. The van der Waals surface area contributed by atoms with Crippen molar-refractivity contribution in [2.24, 2.45) is 11.7 Å². The molecule has 1 fully saturated rings. The van der Waals surface area contributed by atoms with E-state index in [-0.39, 0.29) is 23.8 Å². The summed E-state index contributed by atoms with van der Waals surface area (Å²) >= 11 is 0. The number of rotatable bonds is 4. The highest BCUT2D eigenvalue weighted by Gasteiger charge is 2.28. The van der Waals surface area contributed by atoms with E-state index in [1.807, 2.05) is 39.0 Å². The van der Waals surface area contributed by atoms with Gasteiger partial charge in [0.05, 0.1) is 6.04 Å². The van der Waals surface area contributed by atoms with Crippen LogP contribution in [-0.4, -0.2) is 35.8 Å². The number of hydrogen-bond donors (Lipinski definition) is 2. The van der Waals surface area contributed by atoms with E-state index in [0.29, 0.717) is 0 Å². The van der Waals surface area contributed by atoms with Crippen molar-refractivity contribution in [1.29, 1.82) is 0 Å². The Balaban J connectivity index is 1.97. The Labute approximate surface area is 131 Å². The number of aryl methyl sites for hydroxylation is 2. The number of nitrogens with two attached hydrogens (primary N) is 1. The Morgan fingerprint density at radius 3 is 2.27 bits per heavy atom. The predicted molar refractivity (Wildman–Crippen MR) is 87.5 cm³/mol. The van der Waals surface area contributed by atoms with Crippen LogP contribution in [0.3, 0.4) is 0 Å². The second kappa shape index (κ2) is 6.92. The number of para-hydroxylation sites is 1. The highest BCUT2D eigenvalue weighted by atomic mass is 16.2. The molecule has 1 aliphatic heterocycles. The Morgan fingerprint density at radius 1 is 1.23 bits per heavy atom. The van der Waals surface area contributed by atoms with Crippen LogP contribution in [0.25, 0.3) is 0 Å². The fourth-order valence-corrected chi connectivity index (χ4v) is 2.98. The number of anilines is 1. The molecule has 1 saturated heterocycles. The van der Waals surface area contributed by atoms with Crippen molar-refractivity contribution in [2.45, 2.75) is 39.7 Å². The van der Waals surface area contributed by atoms with Gasteiger partial charge in [-0.2, -0.15) is 0 Å². The number of likely N-dealkylation sites (tertiary alicyclic amines) is 1. The number of nitrogens with one attached hydrogen (secondary N) is 1. The lowest BCUT2D eigenvalue weighted by Gasteiger charge is -2.34. The summed E-state index contributed by atoms with van der Waals surface area (Å²) in [6, 6.07) is 5.75. The van der Waals surface area contributed by atoms with Gasteiger partial charge in [-0.3, -0.25) is 14.5 Å². The molecule has 0 saturated carbocycles. The van der Waals surface area contributed by atoms with Gasteiger partial charge in [-0.15, -0.1) is 0 Å². The molecule has 0 bridgehead atoms. The summed E-state index contributed by atoms with van der Waals surface area (Å²) in [4.78, 5) is 25.8. The summed E-state index contributed by atoms with van der Waals surface area (Å²) in [7, 11) is 0. The zero-order chi connectivity index (χ0) is 16.3. The highest BCUT2D eigenvalue weighted by molar-refractivity contribution is 5.95. The molecule has 0 radical (unpaired) electrons. The van der Waals surface area contributed by atoms with E-state index < -0.39 is 0 Å². The lowest BCUT2D eigenvalue weighted by Crippen LogP contribution is -2.47. The minimum atomic E-state index is -0.229. The van der Waals surface area contributed by atoms with Crippen LogP contribution in [0.2, 0.25) is 0 Å². The van der Waals surface area contributed by atoms with Gasteiger partial charge in [0.15, 0.2) is 0 Å². The molecule has 0 aliphatic carbocycles. The fourth-order valence-electron chi connectivity index (χ4n) is 2.98. The average molecular weight is 303 g/mol. The molecule has 2 rings (SSSR count). The lowest BCUT2D eigenvalue weighted by molar-refractivity contribution is -0.124.